The van der Waals surface area contributed by atoms with Crippen LogP contribution >= 0.6 is 0 Å². The molecule has 11 heavy (non-hydrogen) atoms. The predicted octanol–water partition coefficient (Wildman–Crippen LogP) is -0.460. The SMILES string of the molecule is CC(O)C(=O)NC1(C#N)CC1. The van der Waals surface area contributed by atoms with Crippen molar-refractivity contribution in [2.24, 2.45) is 0 Å². The van der Waals surface area contributed by atoms with Crippen molar-refractivity contribution in [2.75, 3.05) is 0 Å². The van der Waals surface area contributed by atoms with E-state index in [0.717, 1.165) is 0 Å². The molecule has 0 aromatic carbocycles. The van der Waals surface area contributed by atoms with Gasteiger partial charge in [0, 0.05) is 0 Å². The molecule has 0 bridgehead atoms. The van der Waals surface area contributed by atoms with E-state index in [2.05, 4.69) is 5.32 Å². The van der Waals surface area contributed by atoms with Gasteiger partial charge in [0.05, 0.1) is 6.07 Å². The molecule has 1 unspecified atom stereocenters. The highest BCUT2D eigenvalue weighted by Crippen LogP contribution is 2.34. The zero-order valence-electron chi connectivity index (χ0n) is 6.29. The summed E-state index contributed by atoms with van der Waals surface area (Å²) in [4.78, 5) is 10.8. The Labute approximate surface area is 64.8 Å². The molecule has 0 saturated heterocycles. The molecule has 1 rings (SSSR count). The smallest absolute Gasteiger partial charge is 0.249 e. The lowest BCUT2D eigenvalue weighted by atomic mass is 10.3. The molecule has 1 atom stereocenters. The van der Waals surface area contributed by atoms with E-state index in [1.807, 2.05) is 6.07 Å². The molecule has 1 fully saturated rings. The van der Waals surface area contributed by atoms with Gasteiger partial charge in [-0.2, -0.15) is 5.26 Å². The molecule has 60 valence electrons. The molecule has 0 heterocycles. The van der Waals surface area contributed by atoms with Crippen LogP contribution in [0, 0.1) is 11.3 Å². The standard InChI is InChI=1S/C7H10N2O2/c1-5(10)6(11)9-7(4-8)2-3-7/h5,10H,2-3H2,1H3,(H,9,11). The Bertz CT molecular complexity index is 213. The highest BCUT2D eigenvalue weighted by atomic mass is 16.3. The summed E-state index contributed by atoms with van der Waals surface area (Å²) in [7, 11) is 0. The highest BCUT2D eigenvalue weighted by Gasteiger charge is 2.44. The summed E-state index contributed by atoms with van der Waals surface area (Å²) < 4.78 is 0. The number of nitrogens with zero attached hydrogens (tertiary/aromatic N) is 1. The molecule has 1 saturated carbocycles. The van der Waals surface area contributed by atoms with Crippen LogP contribution in [0.2, 0.25) is 0 Å². The number of carbonyl (C=O) groups excluding carboxylic acids is 1. The largest absolute Gasteiger partial charge is 0.384 e. The summed E-state index contributed by atoms with van der Waals surface area (Å²) in [6.07, 6.45) is 0.366. The average molecular weight is 154 g/mol. The van der Waals surface area contributed by atoms with Crippen LogP contribution in [0.3, 0.4) is 0 Å². The predicted molar refractivity (Wildman–Crippen MR) is 37.4 cm³/mol. The number of hydrogen-bond donors (Lipinski definition) is 2. The van der Waals surface area contributed by atoms with E-state index in [1.54, 1.807) is 0 Å². The third-order valence-electron chi connectivity index (χ3n) is 1.71. The Kier molecular flexibility index (Phi) is 1.83. The van der Waals surface area contributed by atoms with Gasteiger partial charge in [-0.1, -0.05) is 0 Å². The summed E-state index contributed by atoms with van der Waals surface area (Å²) >= 11 is 0. The maximum atomic E-state index is 10.8. The van der Waals surface area contributed by atoms with E-state index < -0.39 is 17.6 Å². The van der Waals surface area contributed by atoms with Crippen LogP contribution in [0.15, 0.2) is 0 Å². The first-order valence-corrected chi connectivity index (χ1v) is 3.51. The maximum absolute atomic E-state index is 10.8. The van der Waals surface area contributed by atoms with Crippen molar-refractivity contribution in [1.82, 2.24) is 5.32 Å². The average Bonchev–Trinajstić information content (AvgIpc) is 2.69. The fraction of sp³-hybridized carbons (Fsp3) is 0.714. The molecule has 0 radical (unpaired) electrons. The van der Waals surface area contributed by atoms with E-state index >= 15 is 0 Å². The van der Waals surface area contributed by atoms with Crippen molar-refractivity contribution in [3.63, 3.8) is 0 Å². The van der Waals surface area contributed by atoms with Gasteiger partial charge in [-0.25, -0.2) is 0 Å². The molecule has 1 amide bonds. The van der Waals surface area contributed by atoms with Gasteiger partial charge in [0.25, 0.3) is 0 Å². The Balaban J connectivity index is 2.44. The van der Waals surface area contributed by atoms with Crippen LogP contribution in [-0.2, 0) is 4.79 Å². The molecular formula is C7H10N2O2. The van der Waals surface area contributed by atoms with Crippen molar-refractivity contribution in [3.05, 3.63) is 0 Å². The first-order valence-electron chi connectivity index (χ1n) is 3.51. The van der Waals surface area contributed by atoms with Gasteiger partial charge in [-0.3, -0.25) is 4.79 Å². The van der Waals surface area contributed by atoms with Crippen LogP contribution in [0.4, 0.5) is 0 Å². The van der Waals surface area contributed by atoms with Crippen molar-refractivity contribution in [1.29, 1.82) is 5.26 Å². The lowest BCUT2D eigenvalue weighted by Gasteiger charge is -2.09. The monoisotopic (exact) mass is 154 g/mol. The molecule has 0 aromatic rings. The molecule has 0 aromatic heterocycles. The van der Waals surface area contributed by atoms with Gasteiger partial charge in [-0.05, 0) is 19.8 Å². The zero-order valence-corrected chi connectivity index (χ0v) is 6.29. The van der Waals surface area contributed by atoms with Crippen LogP contribution in [-0.4, -0.2) is 22.7 Å². The summed E-state index contributed by atoms with van der Waals surface area (Å²) in [6.45, 7) is 1.38. The summed E-state index contributed by atoms with van der Waals surface area (Å²) in [5.74, 6) is -0.468. The molecule has 0 spiro atoms. The van der Waals surface area contributed by atoms with Crippen molar-refractivity contribution < 1.29 is 9.90 Å². The first kappa shape index (κ1) is 8.02. The number of aliphatic hydroxyl groups is 1. The number of hydrogen-bond acceptors (Lipinski definition) is 3. The zero-order chi connectivity index (χ0) is 8.48. The number of carbonyl (C=O) groups is 1. The number of rotatable bonds is 2. The minimum atomic E-state index is -1.03. The van der Waals surface area contributed by atoms with Crippen LogP contribution in [0.1, 0.15) is 19.8 Å². The molecule has 1 aliphatic carbocycles. The van der Waals surface area contributed by atoms with Gasteiger partial charge in [0.2, 0.25) is 5.91 Å². The van der Waals surface area contributed by atoms with Gasteiger partial charge in [-0.15, -0.1) is 0 Å². The van der Waals surface area contributed by atoms with E-state index in [0.29, 0.717) is 12.8 Å². The van der Waals surface area contributed by atoms with Crippen molar-refractivity contribution >= 4 is 5.91 Å². The fourth-order valence-electron chi connectivity index (χ4n) is 0.730. The van der Waals surface area contributed by atoms with E-state index in [1.165, 1.54) is 6.92 Å². The Morgan fingerprint density at radius 1 is 1.82 bits per heavy atom. The fourth-order valence-corrected chi connectivity index (χ4v) is 0.730. The topological polar surface area (TPSA) is 73.1 Å². The maximum Gasteiger partial charge on any atom is 0.249 e. The van der Waals surface area contributed by atoms with Gasteiger partial charge in [0.1, 0.15) is 11.6 Å². The second kappa shape index (κ2) is 2.51. The van der Waals surface area contributed by atoms with Crippen LogP contribution in [0.25, 0.3) is 0 Å². The summed E-state index contributed by atoms with van der Waals surface area (Å²) in [6, 6.07) is 2.00. The molecule has 4 nitrogen and oxygen atoms in total. The number of amides is 1. The van der Waals surface area contributed by atoms with Crippen LogP contribution in [0.5, 0.6) is 0 Å². The minimum Gasteiger partial charge on any atom is -0.384 e. The lowest BCUT2D eigenvalue weighted by Crippen LogP contribution is -2.41. The third-order valence-corrected chi connectivity index (χ3v) is 1.71. The van der Waals surface area contributed by atoms with Gasteiger partial charge >= 0.3 is 0 Å². The molecule has 0 aliphatic heterocycles. The minimum absolute atomic E-state index is 0.468. The number of nitrogens with one attached hydrogen (secondary N) is 1. The van der Waals surface area contributed by atoms with Gasteiger partial charge in [0.15, 0.2) is 0 Å². The number of nitriles is 1. The van der Waals surface area contributed by atoms with Gasteiger partial charge < -0.3 is 10.4 Å². The molecular weight excluding hydrogens is 144 g/mol. The summed E-state index contributed by atoms with van der Waals surface area (Å²) in [5.41, 5.74) is -0.659. The first-order chi connectivity index (χ1) is 5.09. The Morgan fingerprint density at radius 3 is 2.64 bits per heavy atom. The quantitative estimate of drug-likeness (QED) is 0.565. The molecule has 1 aliphatic rings. The van der Waals surface area contributed by atoms with Crippen molar-refractivity contribution in [3.8, 4) is 6.07 Å². The van der Waals surface area contributed by atoms with E-state index in [9.17, 15) is 4.79 Å². The summed E-state index contributed by atoms with van der Waals surface area (Å²) in [5, 5.41) is 19.8. The molecule has 2 N–H and O–H groups in total. The van der Waals surface area contributed by atoms with E-state index in [4.69, 9.17) is 10.4 Å². The second-order valence-electron chi connectivity index (χ2n) is 2.86. The normalized spacial score (nSPS) is 21.5. The lowest BCUT2D eigenvalue weighted by molar-refractivity contribution is -0.129. The van der Waals surface area contributed by atoms with E-state index in [-0.39, 0.29) is 0 Å². The molecule has 4 heteroatoms. The number of aliphatic hydroxyl groups excluding tert-OH is 1. The van der Waals surface area contributed by atoms with Crippen LogP contribution < -0.4 is 5.32 Å². The second-order valence-corrected chi connectivity index (χ2v) is 2.86. The van der Waals surface area contributed by atoms with Crippen molar-refractivity contribution in [2.45, 2.75) is 31.4 Å². The Hall–Kier alpha value is -1.08. The Morgan fingerprint density at radius 2 is 2.36 bits per heavy atom. The third kappa shape index (κ3) is 1.69. The highest BCUT2D eigenvalue weighted by molar-refractivity contribution is 5.81.